The number of hydrogen-bond donors (Lipinski definition) is 2. The van der Waals surface area contributed by atoms with E-state index in [1.807, 2.05) is 13.8 Å². The van der Waals surface area contributed by atoms with Crippen molar-refractivity contribution in [2.45, 2.75) is 24.8 Å². The third kappa shape index (κ3) is 4.03. The zero-order valence-corrected chi connectivity index (χ0v) is 16.0. The van der Waals surface area contributed by atoms with Crippen LogP contribution in [0.5, 0.6) is 0 Å². The largest absolute Gasteiger partial charge is 0.351 e. The lowest BCUT2D eigenvalue weighted by Crippen LogP contribution is -3.19. The molecule has 0 radical (unpaired) electrons. The lowest BCUT2D eigenvalue weighted by atomic mass is 10.2. The molecule has 134 valence electrons. The van der Waals surface area contributed by atoms with Crippen molar-refractivity contribution in [1.82, 2.24) is 9.62 Å². The molecule has 1 fully saturated rings. The molecule has 1 amide bonds. The molecule has 0 unspecified atom stereocenters. The number of nitrogens with zero attached hydrogens (tertiary/aromatic N) is 1. The van der Waals surface area contributed by atoms with Crippen molar-refractivity contribution >= 4 is 39.1 Å². The van der Waals surface area contributed by atoms with Gasteiger partial charge in [-0.05, 0) is 26.0 Å². The Morgan fingerprint density at radius 2 is 1.83 bits per heavy atom. The zero-order chi connectivity index (χ0) is 17.9. The van der Waals surface area contributed by atoms with Gasteiger partial charge in [-0.25, -0.2) is 8.42 Å². The van der Waals surface area contributed by atoms with Gasteiger partial charge in [0.05, 0.1) is 36.2 Å². The molecule has 2 N–H and O–H groups in total. The molecule has 2 rings (SSSR count). The molecule has 6 nitrogen and oxygen atoms in total. The SMILES string of the molecule is CCNC(=O)[C@H](C)[NH+]1CCN(S(=O)(=O)c2c(Cl)cccc2Cl)CC1. The number of piperazine rings is 1. The average Bonchev–Trinajstić information content (AvgIpc) is 2.54. The van der Waals surface area contributed by atoms with Gasteiger partial charge in [0.25, 0.3) is 5.91 Å². The summed E-state index contributed by atoms with van der Waals surface area (Å²) in [5.74, 6) is -0.0158. The van der Waals surface area contributed by atoms with E-state index in [2.05, 4.69) is 5.32 Å². The number of amides is 1. The van der Waals surface area contributed by atoms with Gasteiger partial charge in [0.1, 0.15) is 4.90 Å². The molecule has 24 heavy (non-hydrogen) atoms. The Labute approximate surface area is 152 Å². The standard InChI is InChI=1S/C15H21Cl2N3O3S/c1-3-18-15(21)11(2)19-7-9-20(10-8-19)24(22,23)14-12(16)5-4-6-13(14)17/h4-6,11H,3,7-10H2,1-2H3,(H,18,21)/p+1/t11-/m0/s1. The Bertz CT molecular complexity index is 684. The molecule has 1 aromatic rings. The quantitative estimate of drug-likeness (QED) is 0.759. The Balaban J connectivity index is 2.10. The highest BCUT2D eigenvalue weighted by Gasteiger charge is 2.36. The highest BCUT2D eigenvalue weighted by atomic mass is 35.5. The monoisotopic (exact) mass is 394 g/mol. The number of likely N-dealkylation sites (N-methyl/N-ethyl adjacent to an activating group) is 1. The summed E-state index contributed by atoms with van der Waals surface area (Å²) in [6.07, 6.45) is 0. The number of benzene rings is 1. The summed E-state index contributed by atoms with van der Waals surface area (Å²) in [6.45, 7) is 6.07. The maximum absolute atomic E-state index is 12.8. The minimum absolute atomic E-state index is 0.0158. The molecular weight excluding hydrogens is 373 g/mol. The molecule has 1 atom stereocenters. The van der Waals surface area contributed by atoms with Gasteiger partial charge in [0.15, 0.2) is 6.04 Å². The number of rotatable bonds is 5. The zero-order valence-electron chi connectivity index (χ0n) is 13.7. The van der Waals surface area contributed by atoms with Gasteiger partial charge in [-0.3, -0.25) is 4.79 Å². The van der Waals surface area contributed by atoms with Crippen molar-refractivity contribution in [1.29, 1.82) is 0 Å². The van der Waals surface area contributed by atoms with E-state index in [9.17, 15) is 13.2 Å². The number of carbonyl (C=O) groups is 1. The van der Waals surface area contributed by atoms with E-state index in [1.165, 1.54) is 16.4 Å². The number of halogens is 2. The van der Waals surface area contributed by atoms with E-state index in [0.29, 0.717) is 32.7 Å². The minimum Gasteiger partial charge on any atom is -0.351 e. The fraction of sp³-hybridized carbons (Fsp3) is 0.533. The van der Waals surface area contributed by atoms with Crippen molar-refractivity contribution in [3.05, 3.63) is 28.2 Å². The summed E-state index contributed by atoms with van der Waals surface area (Å²) in [5.41, 5.74) is 0. The van der Waals surface area contributed by atoms with Crippen molar-refractivity contribution in [3.63, 3.8) is 0 Å². The highest BCUT2D eigenvalue weighted by Crippen LogP contribution is 2.31. The van der Waals surface area contributed by atoms with Crippen LogP contribution in [0.15, 0.2) is 23.1 Å². The van der Waals surface area contributed by atoms with Crippen molar-refractivity contribution in [2.75, 3.05) is 32.7 Å². The van der Waals surface area contributed by atoms with E-state index < -0.39 is 10.0 Å². The number of carbonyl (C=O) groups excluding carboxylic acids is 1. The van der Waals surface area contributed by atoms with Gasteiger partial charge in [-0.15, -0.1) is 0 Å². The predicted octanol–water partition coefficient (Wildman–Crippen LogP) is 0.407. The molecule has 0 saturated carbocycles. The number of nitrogens with one attached hydrogen (secondary N) is 2. The normalized spacial score (nSPS) is 18.3. The fourth-order valence-electron chi connectivity index (χ4n) is 2.82. The van der Waals surface area contributed by atoms with Crippen LogP contribution >= 0.6 is 23.2 Å². The van der Waals surface area contributed by atoms with Crippen LogP contribution < -0.4 is 10.2 Å². The lowest BCUT2D eigenvalue weighted by Gasteiger charge is -2.34. The first kappa shape index (κ1) is 19.5. The van der Waals surface area contributed by atoms with Crippen LogP contribution in [0.3, 0.4) is 0 Å². The minimum atomic E-state index is -3.75. The molecule has 9 heteroatoms. The Morgan fingerprint density at radius 1 is 1.29 bits per heavy atom. The number of quaternary nitrogens is 1. The predicted molar refractivity (Wildman–Crippen MR) is 94.1 cm³/mol. The van der Waals surface area contributed by atoms with Gasteiger partial charge in [-0.1, -0.05) is 29.3 Å². The second-order valence-electron chi connectivity index (χ2n) is 5.73. The van der Waals surface area contributed by atoms with Crippen molar-refractivity contribution in [2.24, 2.45) is 0 Å². The second-order valence-corrected chi connectivity index (χ2v) is 8.42. The van der Waals surface area contributed by atoms with Gasteiger partial charge in [0.2, 0.25) is 10.0 Å². The number of hydrogen-bond acceptors (Lipinski definition) is 3. The van der Waals surface area contributed by atoms with Crippen LogP contribution in [-0.2, 0) is 14.8 Å². The van der Waals surface area contributed by atoms with E-state index in [0.717, 1.165) is 4.90 Å². The van der Waals surface area contributed by atoms with E-state index >= 15 is 0 Å². The summed E-state index contributed by atoms with van der Waals surface area (Å²) >= 11 is 12.1. The molecule has 1 heterocycles. The Hall–Kier alpha value is -0.860. The summed E-state index contributed by atoms with van der Waals surface area (Å²) in [7, 11) is -3.75. The third-order valence-corrected chi connectivity index (χ3v) is 7.09. The Kier molecular flexibility index (Phi) is 6.50. The smallest absolute Gasteiger partial charge is 0.278 e. The van der Waals surface area contributed by atoms with Crippen LogP contribution in [0, 0.1) is 0 Å². The first-order valence-corrected chi connectivity index (χ1v) is 10.0. The molecular formula is C15H22Cl2N3O3S+. The van der Waals surface area contributed by atoms with E-state index in [-0.39, 0.29) is 26.9 Å². The lowest BCUT2D eigenvalue weighted by molar-refractivity contribution is -0.917. The molecule has 1 aliphatic rings. The third-order valence-electron chi connectivity index (χ3n) is 4.24. The maximum atomic E-state index is 12.8. The molecule has 0 aliphatic carbocycles. The first-order valence-electron chi connectivity index (χ1n) is 7.85. The molecule has 1 saturated heterocycles. The van der Waals surface area contributed by atoms with Gasteiger partial charge < -0.3 is 10.2 Å². The summed E-state index contributed by atoms with van der Waals surface area (Å²) in [6, 6.07) is 4.43. The topological polar surface area (TPSA) is 70.9 Å². The Morgan fingerprint density at radius 3 is 2.33 bits per heavy atom. The van der Waals surface area contributed by atoms with Crippen LogP contribution in [0.1, 0.15) is 13.8 Å². The molecule has 0 spiro atoms. The maximum Gasteiger partial charge on any atom is 0.278 e. The summed E-state index contributed by atoms with van der Waals surface area (Å²) in [4.78, 5) is 13.0. The van der Waals surface area contributed by atoms with Crippen molar-refractivity contribution in [3.8, 4) is 0 Å². The van der Waals surface area contributed by atoms with E-state index in [4.69, 9.17) is 23.2 Å². The molecule has 0 bridgehead atoms. The van der Waals surface area contributed by atoms with Gasteiger partial charge >= 0.3 is 0 Å². The first-order chi connectivity index (χ1) is 11.3. The van der Waals surface area contributed by atoms with Gasteiger partial charge in [-0.2, -0.15) is 4.31 Å². The molecule has 1 aromatic carbocycles. The van der Waals surface area contributed by atoms with Gasteiger partial charge in [0, 0.05) is 6.54 Å². The summed E-state index contributed by atoms with van der Waals surface area (Å²) in [5, 5.41) is 3.04. The van der Waals surface area contributed by atoms with Crippen LogP contribution in [-0.4, -0.2) is 57.4 Å². The van der Waals surface area contributed by atoms with Crippen LogP contribution in [0.25, 0.3) is 0 Å². The van der Waals surface area contributed by atoms with E-state index in [1.54, 1.807) is 6.07 Å². The number of sulfonamides is 1. The van der Waals surface area contributed by atoms with Crippen molar-refractivity contribution < 1.29 is 18.1 Å². The molecule has 0 aromatic heterocycles. The van der Waals surface area contributed by atoms with Crippen LogP contribution in [0.4, 0.5) is 0 Å². The molecule has 1 aliphatic heterocycles. The van der Waals surface area contributed by atoms with Crippen LogP contribution in [0.2, 0.25) is 10.0 Å². The fourth-order valence-corrected chi connectivity index (χ4v) is 5.35. The second kappa shape index (κ2) is 8.01. The highest BCUT2D eigenvalue weighted by molar-refractivity contribution is 7.89. The average molecular weight is 395 g/mol. The summed E-state index contributed by atoms with van der Waals surface area (Å²) < 4.78 is 27.0.